The molecule has 2 heteroatoms. The van der Waals surface area contributed by atoms with E-state index < -0.39 is 0 Å². The summed E-state index contributed by atoms with van der Waals surface area (Å²) in [5.74, 6) is 0. The van der Waals surface area contributed by atoms with Gasteiger partial charge >= 0.3 is 0 Å². The Balaban J connectivity index is 2.26. The average Bonchev–Trinajstić information content (AvgIpc) is 2.71. The minimum absolute atomic E-state index is 0.370. The van der Waals surface area contributed by atoms with Crippen LogP contribution in [-0.2, 0) is 12.1 Å². The largest absolute Gasteiger partial charge is 0.303 e. The third-order valence-corrected chi connectivity index (χ3v) is 3.61. The second kappa shape index (κ2) is 2.12. The van der Waals surface area contributed by atoms with Gasteiger partial charge in [0.1, 0.15) is 0 Å². The van der Waals surface area contributed by atoms with Crippen LogP contribution in [0.3, 0.4) is 0 Å². The minimum atomic E-state index is 0.370. The predicted molar refractivity (Wildman–Crippen MR) is 51.9 cm³/mol. The van der Waals surface area contributed by atoms with Crippen LogP contribution >= 0.6 is 15.9 Å². The van der Waals surface area contributed by atoms with Crippen LogP contribution in [0, 0.1) is 0 Å². The van der Waals surface area contributed by atoms with Crippen molar-refractivity contribution in [2.24, 2.45) is 0 Å². The highest BCUT2D eigenvalue weighted by Crippen LogP contribution is 2.52. The number of benzene rings is 1. The van der Waals surface area contributed by atoms with Crippen molar-refractivity contribution in [3.63, 3.8) is 0 Å². The van der Waals surface area contributed by atoms with Crippen molar-refractivity contribution in [3.8, 4) is 0 Å². The molecule has 1 spiro atoms. The molecule has 1 aliphatic carbocycles. The van der Waals surface area contributed by atoms with Gasteiger partial charge in [-0.3, -0.25) is 0 Å². The maximum Gasteiger partial charge on any atom is 0.0453 e. The van der Waals surface area contributed by atoms with Gasteiger partial charge < -0.3 is 5.32 Å². The Hall–Kier alpha value is -0.340. The summed E-state index contributed by atoms with van der Waals surface area (Å²) in [7, 11) is 0. The smallest absolute Gasteiger partial charge is 0.0453 e. The van der Waals surface area contributed by atoms with Crippen molar-refractivity contribution in [2.75, 3.05) is 0 Å². The van der Waals surface area contributed by atoms with Crippen LogP contribution in [0.2, 0.25) is 0 Å². The van der Waals surface area contributed by atoms with Crippen molar-refractivity contribution < 1.29 is 0 Å². The molecule has 1 nitrogen and oxygen atoms in total. The molecule has 1 saturated carbocycles. The molecule has 0 atom stereocenters. The molecule has 3 rings (SSSR count). The lowest BCUT2D eigenvalue weighted by Crippen LogP contribution is -2.19. The zero-order valence-corrected chi connectivity index (χ0v) is 8.32. The predicted octanol–water partition coefficient (Wildman–Crippen LogP) is 2.54. The van der Waals surface area contributed by atoms with Crippen LogP contribution in [0.15, 0.2) is 22.7 Å². The Bertz CT molecular complexity index is 342. The van der Waals surface area contributed by atoms with E-state index in [0.717, 1.165) is 6.54 Å². The summed E-state index contributed by atoms with van der Waals surface area (Å²) in [6.07, 6.45) is 2.62. The quantitative estimate of drug-likeness (QED) is 0.714. The van der Waals surface area contributed by atoms with Gasteiger partial charge in [-0.25, -0.2) is 0 Å². The lowest BCUT2D eigenvalue weighted by Gasteiger charge is -2.09. The average molecular weight is 224 g/mol. The number of hydrogen-bond donors (Lipinski definition) is 1. The lowest BCUT2D eigenvalue weighted by molar-refractivity contribution is 0.572. The maximum atomic E-state index is 3.62. The van der Waals surface area contributed by atoms with Gasteiger partial charge in [0.2, 0.25) is 0 Å². The molecule has 1 N–H and O–H groups in total. The first-order chi connectivity index (χ1) is 5.82. The lowest BCUT2D eigenvalue weighted by atomic mass is 10.0. The van der Waals surface area contributed by atoms with Gasteiger partial charge in [-0.05, 0) is 30.0 Å². The van der Waals surface area contributed by atoms with Gasteiger partial charge in [0.05, 0.1) is 0 Å². The Labute approximate surface area is 80.3 Å². The third kappa shape index (κ3) is 0.771. The zero-order chi connectivity index (χ0) is 8.18. The fourth-order valence-corrected chi connectivity index (χ4v) is 2.94. The highest BCUT2D eigenvalue weighted by molar-refractivity contribution is 9.10. The molecule has 1 fully saturated rings. The van der Waals surface area contributed by atoms with Crippen LogP contribution in [-0.4, -0.2) is 0 Å². The number of nitrogens with one attached hydrogen (secondary N) is 1. The first-order valence-electron chi connectivity index (χ1n) is 4.35. The molecule has 0 amide bonds. The molecule has 0 unspecified atom stereocenters. The fourth-order valence-electron chi connectivity index (χ4n) is 2.16. The van der Waals surface area contributed by atoms with E-state index in [9.17, 15) is 0 Å². The number of hydrogen-bond acceptors (Lipinski definition) is 1. The Morgan fingerprint density at radius 2 is 2.17 bits per heavy atom. The van der Waals surface area contributed by atoms with Gasteiger partial charge in [0.25, 0.3) is 0 Å². The third-order valence-electron chi connectivity index (χ3n) is 2.95. The molecule has 1 heterocycles. The fraction of sp³-hybridized carbons (Fsp3) is 0.400. The first kappa shape index (κ1) is 7.10. The van der Waals surface area contributed by atoms with E-state index in [2.05, 4.69) is 39.4 Å². The summed E-state index contributed by atoms with van der Waals surface area (Å²) < 4.78 is 1.28. The SMILES string of the molecule is Brc1cccc2c1C1(CC1)NC2. The van der Waals surface area contributed by atoms with Crippen molar-refractivity contribution in [3.05, 3.63) is 33.8 Å². The topological polar surface area (TPSA) is 12.0 Å². The van der Waals surface area contributed by atoms with Crippen LogP contribution < -0.4 is 5.32 Å². The van der Waals surface area contributed by atoms with Gasteiger partial charge in [-0.15, -0.1) is 0 Å². The van der Waals surface area contributed by atoms with Crippen LogP contribution in [0.25, 0.3) is 0 Å². The maximum absolute atomic E-state index is 3.62. The van der Waals surface area contributed by atoms with E-state index in [0.29, 0.717) is 5.54 Å². The summed E-state index contributed by atoms with van der Waals surface area (Å²) in [5.41, 5.74) is 3.36. The Morgan fingerprint density at radius 3 is 2.92 bits per heavy atom. The normalized spacial score (nSPS) is 22.8. The minimum Gasteiger partial charge on any atom is -0.303 e. The standard InChI is InChI=1S/C10H10BrN/c11-8-3-1-2-7-6-12-10(4-5-10)9(7)8/h1-3,12H,4-6H2. The van der Waals surface area contributed by atoms with E-state index in [4.69, 9.17) is 0 Å². The van der Waals surface area contributed by atoms with Crippen molar-refractivity contribution in [1.29, 1.82) is 0 Å². The Kier molecular flexibility index (Phi) is 1.25. The molecule has 2 aliphatic rings. The molecule has 62 valence electrons. The van der Waals surface area contributed by atoms with Gasteiger partial charge in [0, 0.05) is 16.6 Å². The van der Waals surface area contributed by atoms with Crippen LogP contribution in [0.1, 0.15) is 24.0 Å². The number of fused-ring (bicyclic) bond motifs is 2. The summed E-state index contributed by atoms with van der Waals surface area (Å²) in [4.78, 5) is 0. The molecular formula is C10H10BrN. The van der Waals surface area contributed by atoms with Gasteiger partial charge in [-0.1, -0.05) is 28.1 Å². The molecule has 1 aliphatic heterocycles. The summed E-state index contributed by atoms with van der Waals surface area (Å²) in [6.45, 7) is 1.05. The summed E-state index contributed by atoms with van der Waals surface area (Å²) in [5, 5.41) is 3.58. The highest BCUT2D eigenvalue weighted by atomic mass is 79.9. The van der Waals surface area contributed by atoms with E-state index >= 15 is 0 Å². The highest BCUT2D eigenvalue weighted by Gasteiger charge is 2.49. The summed E-state index contributed by atoms with van der Waals surface area (Å²) in [6, 6.07) is 6.48. The second-order valence-electron chi connectivity index (χ2n) is 3.71. The van der Waals surface area contributed by atoms with Crippen molar-refractivity contribution in [2.45, 2.75) is 24.9 Å². The summed E-state index contributed by atoms with van der Waals surface area (Å²) >= 11 is 3.62. The molecule has 0 bridgehead atoms. The van der Waals surface area contributed by atoms with Gasteiger partial charge in [-0.2, -0.15) is 0 Å². The Morgan fingerprint density at radius 1 is 1.33 bits per heavy atom. The van der Waals surface area contributed by atoms with E-state index in [1.54, 1.807) is 0 Å². The number of halogens is 1. The van der Waals surface area contributed by atoms with E-state index in [1.165, 1.54) is 28.4 Å². The van der Waals surface area contributed by atoms with Crippen LogP contribution in [0.4, 0.5) is 0 Å². The molecule has 1 aromatic carbocycles. The molecule has 1 aromatic rings. The van der Waals surface area contributed by atoms with Gasteiger partial charge in [0.15, 0.2) is 0 Å². The molecule has 12 heavy (non-hydrogen) atoms. The zero-order valence-electron chi connectivity index (χ0n) is 6.73. The molecule has 0 aromatic heterocycles. The first-order valence-corrected chi connectivity index (χ1v) is 5.14. The van der Waals surface area contributed by atoms with Crippen LogP contribution in [0.5, 0.6) is 0 Å². The molecule has 0 radical (unpaired) electrons. The number of rotatable bonds is 0. The monoisotopic (exact) mass is 223 g/mol. The molecule has 0 saturated heterocycles. The van der Waals surface area contributed by atoms with Crippen molar-refractivity contribution in [1.82, 2.24) is 5.32 Å². The van der Waals surface area contributed by atoms with E-state index in [1.807, 2.05) is 0 Å². The molecular weight excluding hydrogens is 214 g/mol. The second-order valence-corrected chi connectivity index (χ2v) is 4.56. The van der Waals surface area contributed by atoms with Crippen molar-refractivity contribution >= 4 is 15.9 Å². The van der Waals surface area contributed by atoms with E-state index in [-0.39, 0.29) is 0 Å².